The molecule has 2 aromatic carbocycles. The molecular formula is C14H8F2N2O3. The van der Waals surface area contributed by atoms with Gasteiger partial charge in [0, 0.05) is 5.69 Å². The summed E-state index contributed by atoms with van der Waals surface area (Å²) in [6.07, 6.45) is 0. The topological polar surface area (TPSA) is 75.1 Å². The lowest BCUT2D eigenvalue weighted by Crippen LogP contribution is -2.15. The number of rotatable bonds is 2. The van der Waals surface area contributed by atoms with Crippen molar-refractivity contribution in [1.29, 1.82) is 0 Å². The lowest BCUT2D eigenvalue weighted by Gasteiger charge is -2.06. The fourth-order valence-electron chi connectivity index (χ4n) is 1.94. The fourth-order valence-corrected chi connectivity index (χ4v) is 1.94. The van der Waals surface area contributed by atoms with E-state index in [1.807, 2.05) is 0 Å². The average Bonchev–Trinajstić information content (AvgIpc) is 2.77. The average molecular weight is 290 g/mol. The van der Waals surface area contributed by atoms with Crippen LogP contribution in [0.3, 0.4) is 0 Å². The second-order valence-corrected chi connectivity index (χ2v) is 4.28. The Morgan fingerprint density at radius 2 is 1.86 bits per heavy atom. The van der Waals surface area contributed by atoms with Gasteiger partial charge in [-0.1, -0.05) is 6.07 Å². The smallest absolute Gasteiger partial charge is 0.408 e. The summed E-state index contributed by atoms with van der Waals surface area (Å²) >= 11 is 0. The van der Waals surface area contributed by atoms with E-state index in [4.69, 9.17) is 4.42 Å². The number of H-pyrrole nitrogens is 1. The number of oxazole rings is 1. The molecule has 0 saturated heterocycles. The van der Waals surface area contributed by atoms with Crippen molar-refractivity contribution in [3.63, 3.8) is 0 Å². The van der Waals surface area contributed by atoms with Gasteiger partial charge in [0.2, 0.25) is 0 Å². The third-order valence-electron chi connectivity index (χ3n) is 2.87. The first-order valence-corrected chi connectivity index (χ1v) is 5.93. The molecule has 1 aromatic heterocycles. The third-order valence-corrected chi connectivity index (χ3v) is 2.87. The van der Waals surface area contributed by atoms with Crippen LogP contribution >= 0.6 is 0 Å². The molecule has 7 heteroatoms. The van der Waals surface area contributed by atoms with Crippen molar-refractivity contribution < 1.29 is 18.0 Å². The molecule has 21 heavy (non-hydrogen) atoms. The van der Waals surface area contributed by atoms with Gasteiger partial charge in [-0.2, -0.15) is 0 Å². The third kappa shape index (κ3) is 2.40. The molecule has 0 bridgehead atoms. The van der Waals surface area contributed by atoms with Crippen molar-refractivity contribution >= 4 is 22.7 Å². The van der Waals surface area contributed by atoms with E-state index < -0.39 is 28.9 Å². The number of amides is 1. The van der Waals surface area contributed by atoms with E-state index in [0.717, 1.165) is 12.1 Å². The van der Waals surface area contributed by atoms with Crippen LogP contribution < -0.4 is 11.1 Å². The normalized spacial score (nSPS) is 10.8. The molecule has 0 aliphatic heterocycles. The van der Waals surface area contributed by atoms with Crippen LogP contribution in [0.2, 0.25) is 0 Å². The molecule has 0 radical (unpaired) electrons. The predicted octanol–water partition coefficient (Wildman–Crippen LogP) is 2.65. The van der Waals surface area contributed by atoms with E-state index in [1.54, 1.807) is 0 Å². The van der Waals surface area contributed by atoms with Crippen LogP contribution in [0, 0.1) is 11.6 Å². The summed E-state index contributed by atoms with van der Waals surface area (Å²) in [6, 6.07) is 7.50. The number of aromatic nitrogens is 1. The van der Waals surface area contributed by atoms with Crippen molar-refractivity contribution in [2.45, 2.75) is 0 Å². The summed E-state index contributed by atoms with van der Waals surface area (Å²) in [7, 11) is 0. The van der Waals surface area contributed by atoms with Crippen LogP contribution in [0.4, 0.5) is 14.5 Å². The van der Waals surface area contributed by atoms with Gasteiger partial charge < -0.3 is 9.73 Å². The molecule has 0 fully saturated rings. The van der Waals surface area contributed by atoms with Gasteiger partial charge >= 0.3 is 5.76 Å². The molecule has 2 N–H and O–H groups in total. The molecule has 0 aliphatic carbocycles. The lowest BCUT2D eigenvalue weighted by molar-refractivity contribution is 0.101. The molecule has 1 heterocycles. The van der Waals surface area contributed by atoms with E-state index in [2.05, 4.69) is 10.3 Å². The molecule has 106 valence electrons. The molecule has 0 aliphatic rings. The highest BCUT2D eigenvalue weighted by Gasteiger charge is 2.17. The highest BCUT2D eigenvalue weighted by atomic mass is 19.1. The van der Waals surface area contributed by atoms with Gasteiger partial charge in [-0.15, -0.1) is 0 Å². The van der Waals surface area contributed by atoms with Crippen LogP contribution in [0.1, 0.15) is 10.4 Å². The SMILES string of the molecule is O=C(Nc1ccc2oc(=O)[nH]c2c1)c1c(F)cccc1F. The largest absolute Gasteiger partial charge is 0.417 e. The second-order valence-electron chi connectivity index (χ2n) is 4.28. The Kier molecular flexibility index (Phi) is 3.02. The number of aromatic amines is 1. The Balaban J connectivity index is 1.94. The minimum atomic E-state index is -0.953. The van der Waals surface area contributed by atoms with Gasteiger partial charge in [-0.25, -0.2) is 13.6 Å². The highest BCUT2D eigenvalue weighted by molar-refractivity contribution is 6.05. The van der Waals surface area contributed by atoms with Crippen LogP contribution in [0.15, 0.2) is 45.6 Å². The number of nitrogens with one attached hydrogen (secondary N) is 2. The van der Waals surface area contributed by atoms with E-state index in [1.165, 1.54) is 24.3 Å². The fraction of sp³-hybridized carbons (Fsp3) is 0. The summed E-state index contributed by atoms with van der Waals surface area (Å²) in [5, 5.41) is 2.36. The Bertz CT molecular complexity index is 878. The van der Waals surface area contributed by atoms with Gasteiger partial charge in [-0.3, -0.25) is 9.78 Å². The molecule has 0 spiro atoms. The van der Waals surface area contributed by atoms with Gasteiger partial charge in [0.05, 0.1) is 5.52 Å². The molecular weight excluding hydrogens is 282 g/mol. The summed E-state index contributed by atoms with van der Waals surface area (Å²) in [5.41, 5.74) is 0.285. The molecule has 0 unspecified atom stereocenters. The van der Waals surface area contributed by atoms with E-state index in [0.29, 0.717) is 11.1 Å². The molecule has 3 aromatic rings. The Hall–Kier alpha value is -2.96. The first kappa shape index (κ1) is 13.0. The summed E-state index contributed by atoms with van der Waals surface area (Å²) in [4.78, 5) is 25.3. The molecule has 0 saturated carbocycles. The lowest BCUT2D eigenvalue weighted by atomic mass is 10.1. The second kappa shape index (κ2) is 4.86. The van der Waals surface area contributed by atoms with Gasteiger partial charge in [-0.05, 0) is 30.3 Å². The summed E-state index contributed by atoms with van der Waals surface area (Å²) in [6.45, 7) is 0. The molecule has 3 rings (SSSR count). The van der Waals surface area contributed by atoms with Crippen molar-refractivity contribution in [3.8, 4) is 0 Å². The molecule has 0 atom stereocenters. The summed E-state index contributed by atoms with van der Waals surface area (Å²) < 4.78 is 31.8. The zero-order chi connectivity index (χ0) is 15.0. The zero-order valence-electron chi connectivity index (χ0n) is 10.4. The number of carbonyl (C=O) groups is 1. The van der Waals surface area contributed by atoms with Crippen molar-refractivity contribution in [1.82, 2.24) is 4.98 Å². The van der Waals surface area contributed by atoms with Gasteiger partial charge in [0.15, 0.2) is 5.58 Å². The highest BCUT2D eigenvalue weighted by Crippen LogP contribution is 2.18. The van der Waals surface area contributed by atoms with Crippen LogP contribution in [0.5, 0.6) is 0 Å². The summed E-state index contributed by atoms with van der Waals surface area (Å²) in [5.74, 6) is -3.46. The van der Waals surface area contributed by atoms with Gasteiger partial charge in [0.1, 0.15) is 17.2 Å². The van der Waals surface area contributed by atoms with Crippen LogP contribution in [-0.2, 0) is 0 Å². The standard InChI is InChI=1S/C14H8F2N2O3/c15-8-2-1-3-9(16)12(8)13(19)17-7-4-5-11-10(6-7)18-14(20)21-11/h1-6H,(H,17,19)(H,18,20). The molecule has 5 nitrogen and oxygen atoms in total. The van der Waals surface area contributed by atoms with Crippen LogP contribution in [-0.4, -0.2) is 10.9 Å². The first-order chi connectivity index (χ1) is 10.0. The van der Waals surface area contributed by atoms with Crippen LogP contribution in [0.25, 0.3) is 11.1 Å². The number of benzene rings is 2. The number of fused-ring (bicyclic) bond motifs is 1. The number of carbonyl (C=O) groups excluding carboxylic acids is 1. The Labute approximate surface area is 116 Å². The number of halogens is 2. The van der Waals surface area contributed by atoms with E-state index in [9.17, 15) is 18.4 Å². The molecule has 1 amide bonds. The Morgan fingerprint density at radius 3 is 2.57 bits per heavy atom. The van der Waals surface area contributed by atoms with E-state index in [-0.39, 0.29) is 5.69 Å². The quantitative estimate of drug-likeness (QED) is 0.762. The maximum Gasteiger partial charge on any atom is 0.417 e. The number of hydrogen-bond acceptors (Lipinski definition) is 3. The van der Waals surface area contributed by atoms with Crippen molar-refractivity contribution in [2.24, 2.45) is 0 Å². The van der Waals surface area contributed by atoms with Crippen molar-refractivity contribution in [2.75, 3.05) is 5.32 Å². The first-order valence-electron chi connectivity index (χ1n) is 5.93. The number of hydrogen-bond donors (Lipinski definition) is 2. The van der Waals surface area contributed by atoms with Gasteiger partial charge in [0.25, 0.3) is 5.91 Å². The minimum Gasteiger partial charge on any atom is -0.408 e. The number of anilines is 1. The zero-order valence-corrected chi connectivity index (χ0v) is 10.4. The maximum atomic E-state index is 13.5. The predicted molar refractivity (Wildman–Crippen MR) is 71.1 cm³/mol. The maximum absolute atomic E-state index is 13.5. The van der Waals surface area contributed by atoms with E-state index >= 15 is 0 Å². The monoisotopic (exact) mass is 290 g/mol. The Morgan fingerprint density at radius 1 is 1.14 bits per heavy atom. The minimum absolute atomic E-state index is 0.271. The van der Waals surface area contributed by atoms with Crippen molar-refractivity contribution in [3.05, 3.63) is 64.1 Å².